The van der Waals surface area contributed by atoms with Crippen LogP contribution in [-0.4, -0.2) is 75.3 Å². The van der Waals surface area contributed by atoms with Crippen molar-refractivity contribution in [3.63, 3.8) is 0 Å². The van der Waals surface area contributed by atoms with Gasteiger partial charge in [0.25, 0.3) is 5.91 Å². The average molecular weight is 493 g/mol. The van der Waals surface area contributed by atoms with Gasteiger partial charge in [0.15, 0.2) is 6.61 Å². The first-order valence-corrected chi connectivity index (χ1v) is 13.9. The molecule has 188 valence electrons. The lowest BCUT2D eigenvalue weighted by atomic mass is 9.99. The fraction of sp³-hybridized carbons (Fsp3) is 0.667. The van der Waals surface area contributed by atoms with Crippen molar-refractivity contribution in [3.05, 3.63) is 17.7 Å². The van der Waals surface area contributed by atoms with Crippen molar-refractivity contribution in [2.45, 2.75) is 56.8 Å². The van der Waals surface area contributed by atoms with E-state index >= 15 is 0 Å². The summed E-state index contributed by atoms with van der Waals surface area (Å²) in [6, 6.07) is 3.10. The Kier molecular flexibility index (Phi) is 8.10. The number of sulfonamides is 1. The maximum absolute atomic E-state index is 13.4. The number of carbonyl (C=O) groups is 2. The van der Waals surface area contributed by atoms with Crippen LogP contribution >= 0.6 is 0 Å². The summed E-state index contributed by atoms with van der Waals surface area (Å²) >= 11 is 0. The van der Waals surface area contributed by atoms with Gasteiger partial charge in [-0.2, -0.15) is 4.31 Å². The van der Waals surface area contributed by atoms with E-state index in [0.717, 1.165) is 26.1 Å². The summed E-state index contributed by atoms with van der Waals surface area (Å²) in [5.41, 5.74) is 1.01. The molecule has 0 spiro atoms. The number of nitrogens with one attached hydrogen (secondary N) is 2. The highest BCUT2D eigenvalue weighted by atomic mass is 32.2. The highest BCUT2D eigenvalue weighted by molar-refractivity contribution is 7.89. The van der Waals surface area contributed by atoms with Crippen LogP contribution in [0.25, 0.3) is 0 Å². The molecule has 2 saturated heterocycles. The van der Waals surface area contributed by atoms with Crippen molar-refractivity contribution in [3.8, 4) is 5.75 Å². The zero-order valence-electron chi connectivity index (χ0n) is 20.0. The molecule has 0 aliphatic carbocycles. The lowest BCUT2D eigenvalue weighted by molar-refractivity contribution is -0.126. The SMILES string of the molecule is Cc1cc2c(cc1S(=O)(=O)N1CCCC(C(=O)NCCCN3CCCCCC3)C1)OCC(=O)N2. The third-order valence-electron chi connectivity index (χ3n) is 6.93. The van der Waals surface area contributed by atoms with Gasteiger partial charge in [0.2, 0.25) is 15.9 Å². The summed E-state index contributed by atoms with van der Waals surface area (Å²) < 4.78 is 33.7. The minimum Gasteiger partial charge on any atom is -0.482 e. The maximum Gasteiger partial charge on any atom is 0.262 e. The summed E-state index contributed by atoms with van der Waals surface area (Å²) in [7, 11) is -3.80. The molecule has 3 heterocycles. The molecule has 10 heteroatoms. The van der Waals surface area contributed by atoms with Crippen molar-refractivity contribution >= 4 is 27.5 Å². The van der Waals surface area contributed by atoms with Crippen molar-refractivity contribution in [2.24, 2.45) is 5.92 Å². The third-order valence-corrected chi connectivity index (χ3v) is 8.94. The van der Waals surface area contributed by atoms with Gasteiger partial charge in [0.05, 0.1) is 16.5 Å². The molecule has 1 aromatic rings. The number of piperidine rings is 1. The lowest BCUT2D eigenvalue weighted by Crippen LogP contribution is -2.45. The van der Waals surface area contributed by atoms with Crippen LogP contribution in [0.3, 0.4) is 0 Å². The van der Waals surface area contributed by atoms with E-state index in [1.54, 1.807) is 13.0 Å². The fourth-order valence-electron chi connectivity index (χ4n) is 5.03. The second-order valence-electron chi connectivity index (χ2n) is 9.55. The highest BCUT2D eigenvalue weighted by Gasteiger charge is 2.35. The Balaban J connectivity index is 1.33. The molecule has 4 rings (SSSR count). The standard InChI is InChI=1S/C24H36N4O5S/c1-18-14-20-21(33-17-23(29)26-20)15-22(18)34(31,32)28-13-6-8-19(16-28)24(30)25-9-7-12-27-10-4-2-3-5-11-27/h14-15,19H,2-13,16-17H2,1H3,(H,25,30)(H,26,29). The third kappa shape index (κ3) is 5.90. The molecule has 0 saturated carbocycles. The summed E-state index contributed by atoms with van der Waals surface area (Å²) in [4.78, 5) is 27.0. The van der Waals surface area contributed by atoms with E-state index in [4.69, 9.17) is 4.74 Å². The molecule has 0 aromatic heterocycles. The van der Waals surface area contributed by atoms with E-state index in [1.807, 2.05) is 0 Å². The lowest BCUT2D eigenvalue weighted by Gasteiger charge is -2.32. The van der Waals surface area contributed by atoms with E-state index in [1.165, 1.54) is 36.1 Å². The van der Waals surface area contributed by atoms with Crippen molar-refractivity contribution in [1.82, 2.24) is 14.5 Å². The number of fused-ring (bicyclic) bond motifs is 1. The summed E-state index contributed by atoms with van der Waals surface area (Å²) in [5.74, 6) is -0.336. The number of anilines is 1. The predicted octanol–water partition coefficient (Wildman–Crippen LogP) is 2.11. The van der Waals surface area contributed by atoms with Gasteiger partial charge >= 0.3 is 0 Å². The molecule has 0 radical (unpaired) electrons. The zero-order valence-corrected chi connectivity index (χ0v) is 20.8. The Bertz CT molecular complexity index is 1000. The molecule has 1 aromatic carbocycles. The molecule has 3 aliphatic rings. The molecule has 2 N–H and O–H groups in total. The van der Waals surface area contributed by atoms with Gasteiger partial charge in [-0.05, 0) is 70.3 Å². The summed E-state index contributed by atoms with van der Waals surface area (Å²) in [6.45, 7) is 6.01. The molecule has 2 amide bonds. The predicted molar refractivity (Wildman–Crippen MR) is 129 cm³/mol. The van der Waals surface area contributed by atoms with Gasteiger partial charge in [0, 0.05) is 25.7 Å². The largest absolute Gasteiger partial charge is 0.482 e. The smallest absolute Gasteiger partial charge is 0.262 e. The normalized spacial score (nSPS) is 22.3. The van der Waals surface area contributed by atoms with Crippen molar-refractivity contribution in [1.29, 1.82) is 0 Å². The number of hydrogen-bond donors (Lipinski definition) is 2. The average Bonchev–Trinajstić information content (AvgIpc) is 3.10. The molecule has 2 fully saturated rings. The van der Waals surface area contributed by atoms with Crippen LogP contribution in [0.4, 0.5) is 5.69 Å². The van der Waals surface area contributed by atoms with Crippen LogP contribution < -0.4 is 15.4 Å². The topological polar surface area (TPSA) is 108 Å². The molecule has 1 atom stereocenters. The Morgan fingerprint density at radius 2 is 1.91 bits per heavy atom. The van der Waals surface area contributed by atoms with Crippen molar-refractivity contribution in [2.75, 3.05) is 51.2 Å². The second-order valence-corrected chi connectivity index (χ2v) is 11.5. The van der Waals surface area contributed by atoms with E-state index in [2.05, 4.69) is 15.5 Å². The van der Waals surface area contributed by atoms with Gasteiger partial charge in [-0.1, -0.05) is 12.8 Å². The molecular weight excluding hydrogens is 456 g/mol. The van der Waals surface area contributed by atoms with E-state index in [-0.39, 0.29) is 35.8 Å². The zero-order chi connectivity index (χ0) is 24.1. The van der Waals surface area contributed by atoms with Crippen LogP contribution in [0, 0.1) is 12.8 Å². The molecular formula is C24H36N4O5S. The number of benzene rings is 1. The minimum atomic E-state index is -3.80. The minimum absolute atomic E-state index is 0.0658. The van der Waals surface area contributed by atoms with Gasteiger partial charge in [-0.15, -0.1) is 0 Å². The van der Waals surface area contributed by atoms with Gasteiger partial charge < -0.3 is 20.3 Å². The van der Waals surface area contributed by atoms with Crippen LogP contribution in [0.15, 0.2) is 17.0 Å². The van der Waals surface area contributed by atoms with Gasteiger partial charge in [-0.25, -0.2) is 8.42 Å². The number of likely N-dealkylation sites (tertiary alicyclic amines) is 1. The Hall–Kier alpha value is -2.17. The highest BCUT2D eigenvalue weighted by Crippen LogP contribution is 2.35. The second kappa shape index (κ2) is 11.0. The first kappa shape index (κ1) is 24.9. The van der Waals surface area contributed by atoms with E-state index in [9.17, 15) is 18.0 Å². The Labute approximate surface area is 202 Å². The number of rotatable bonds is 7. The van der Waals surface area contributed by atoms with Gasteiger partial charge in [-0.3, -0.25) is 9.59 Å². The van der Waals surface area contributed by atoms with Crippen LogP contribution in [0.2, 0.25) is 0 Å². The first-order valence-electron chi connectivity index (χ1n) is 12.4. The summed E-state index contributed by atoms with van der Waals surface area (Å²) in [6.07, 6.45) is 7.35. The molecule has 9 nitrogen and oxygen atoms in total. The molecule has 34 heavy (non-hydrogen) atoms. The van der Waals surface area contributed by atoms with E-state index in [0.29, 0.717) is 42.9 Å². The molecule has 3 aliphatic heterocycles. The van der Waals surface area contributed by atoms with Crippen LogP contribution in [0.1, 0.15) is 50.5 Å². The number of aryl methyl sites for hydroxylation is 1. The monoisotopic (exact) mass is 492 g/mol. The number of amides is 2. The van der Waals surface area contributed by atoms with Crippen molar-refractivity contribution < 1.29 is 22.7 Å². The quantitative estimate of drug-likeness (QED) is 0.565. The van der Waals surface area contributed by atoms with Crippen LogP contribution in [0.5, 0.6) is 5.75 Å². The van der Waals surface area contributed by atoms with Gasteiger partial charge in [0.1, 0.15) is 5.75 Å². The first-order chi connectivity index (χ1) is 16.3. The number of hydrogen-bond acceptors (Lipinski definition) is 6. The number of nitrogens with zero attached hydrogens (tertiary/aromatic N) is 2. The Morgan fingerprint density at radius 1 is 1.15 bits per heavy atom. The number of carbonyl (C=O) groups excluding carboxylic acids is 2. The molecule has 0 bridgehead atoms. The summed E-state index contributed by atoms with van der Waals surface area (Å²) in [5, 5.41) is 5.73. The molecule has 1 unspecified atom stereocenters. The van der Waals surface area contributed by atoms with E-state index < -0.39 is 10.0 Å². The maximum atomic E-state index is 13.4. The Morgan fingerprint density at radius 3 is 2.68 bits per heavy atom. The fourth-order valence-corrected chi connectivity index (χ4v) is 6.77. The number of ether oxygens (including phenoxy) is 1. The van der Waals surface area contributed by atoms with Crippen LogP contribution in [-0.2, 0) is 19.6 Å².